The fraction of sp³-hybridized carbons (Fsp3) is 0.583. The zero-order valence-corrected chi connectivity index (χ0v) is 12.4. The summed E-state index contributed by atoms with van der Waals surface area (Å²) in [6, 6.07) is 1.32. The van der Waals surface area contributed by atoms with Gasteiger partial charge in [-0.05, 0) is 26.8 Å². The second kappa shape index (κ2) is 5.55. The summed E-state index contributed by atoms with van der Waals surface area (Å²) < 4.78 is 28.0. The van der Waals surface area contributed by atoms with Crippen LogP contribution in [0.5, 0.6) is 0 Å². The maximum absolute atomic E-state index is 12.4. The molecule has 1 amide bonds. The third-order valence-electron chi connectivity index (χ3n) is 3.47. The number of sulfonamides is 1. The van der Waals surface area contributed by atoms with E-state index in [2.05, 4.69) is 5.32 Å². The molecule has 8 heteroatoms. The second-order valence-corrected chi connectivity index (χ2v) is 6.46. The number of amides is 1. The number of nitrogens with two attached hydrogens (primary N) is 1. The van der Waals surface area contributed by atoms with E-state index in [0.717, 1.165) is 12.8 Å². The van der Waals surface area contributed by atoms with Crippen molar-refractivity contribution in [3.8, 4) is 0 Å². The Balaban J connectivity index is 2.26. The Morgan fingerprint density at radius 3 is 2.85 bits per heavy atom. The number of nitrogens with zero attached hydrogens (tertiary/aromatic N) is 1. The normalized spacial score (nSPS) is 19.6. The smallest absolute Gasteiger partial charge is 0.289 e. The Labute approximate surface area is 118 Å². The molecule has 1 fully saturated rings. The molecule has 0 unspecified atom stereocenters. The highest BCUT2D eigenvalue weighted by Crippen LogP contribution is 2.24. The van der Waals surface area contributed by atoms with Crippen LogP contribution in [0.2, 0.25) is 0 Å². The van der Waals surface area contributed by atoms with Gasteiger partial charge in [0, 0.05) is 25.2 Å². The maximum Gasteiger partial charge on any atom is 0.289 e. The number of likely N-dealkylation sites (tertiary alicyclic amines) is 1. The Hall–Kier alpha value is -1.38. The molecule has 1 saturated heterocycles. The summed E-state index contributed by atoms with van der Waals surface area (Å²) in [6.45, 7) is 2.83. The van der Waals surface area contributed by atoms with Crippen LogP contribution in [0.4, 0.5) is 0 Å². The van der Waals surface area contributed by atoms with Crippen LogP contribution in [0.1, 0.15) is 29.2 Å². The van der Waals surface area contributed by atoms with Gasteiger partial charge in [-0.2, -0.15) is 0 Å². The van der Waals surface area contributed by atoms with E-state index < -0.39 is 10.0 Å². The summed E-state index contributed by atoms with van der Waals surface area (Å²) in [4.78, 5) is 14.0. The molecule has 1 aliphatic heterocycles. The van der Waals surface area contributed by atoms with Crippen molar-refractivity contribution in [1.82, 2.24) is 10.2 Å². The Bertz CT molecular complexity index is 608. The van der Waals surface area contributed by atoms with Crippen molar-refractivity contribution in [2.24, 2.45) is 5.14 Å². The van der Waals surface area contributed by atoms with Crippen molar-refractivity contribution in [3.05, 3.63) is 17.6 Å². The summed E-state index contributed by atoms with van der Waals surface area (Å²) in [5, 5.41) is 8.12. The van der Waals surface area contributed by atoms with Gasteiger partial charge in [0.15, 0.2) is 5.76 Å². The van der Waals surface area contributed by atoms with Gasteiger partial charge in [-0.25, -0.2) is 13.6 Å². The van der Waals surface area contributed by atoms with E-state index in [1.54, 1.807) is 4.90 Å². The first-order valence-corrected chi connectivity index (χ1v) is 7.98. The van der Waals surface area contributed by atoms with Crippen LogP contribution in [0.15, 0.2) is 15.4 Å². The number of furan rings is 1. The number of likely N-dealkylation sites (N-methyl/N-ethyl adjacent to an activating group) is 1. The molecule has 0 aliphatic carbocycles. The Morgan fingerprint density at radius 2 is 2.30 bits per heavy atom. The van der Waals surface area contributed by atoms with Gasteiger partial charge >= 0.3 is 0 Å². The first-order valence-electron chi connectivity index (χ1n) is 6.43. The standard InChI is InChI=1S/C12H19N3O4S/c1-8-11(20(13,17)18)6-10(19-8)12(16)15-5-3-4-9(15)7-14-2/h6,9,14H,3-5,7H2,1-2H3,(H2,13,17,18)/t9-/m0/s1. The number of rotatable bonds is 4. The molecule has 112 valence electrons. The molecule has 20 heavy (non-hydrogen) atoms. The van der Waals surface area contributed by atoms with E-state index in [4.69, 9.17) is 9.56 Å². The lowest BCUT2D eigenvalue weighted by atomic mass is 10.2. The molecule has 1 atom stereocenters. The van der Waals surface area contributed by atoms with Crippen molar-refractivity contribution >= 4 is 15.9 Å². The topological polar surface area (TPSA) is 106 Å². The lowest BCUT2D eigenvalue weighted by Gasteiger charge is -2.23. The van der Waals surface area contributed by atoms with E-state index in [1.807, 2.05) is 7.05 Å². The average molecular weight is 301 g/mol. The summed E-state index contributed by atoms with van der Waals surface area (Å²) in [7, 11) is -2.04. The fourth-order valence-corrected chi connectivity index (χ4v) is 3.26. The van der Waals surface area contributed by atoms with Crippen LogP contribution in [-0.4, -0.2) is 45.4 Å². The lowest BCUT2D eigenvalue weighted by Crippen LogP contribution is -2.40. The molecule has 1 aromatic rings. The summed E-state index contributed by atoms with van der Waals surface area (Å²) in [6.07, 6.45) is 1.86. The van der Waals surface area contributed by atoms with Gasteiger partial charge < -0.3 is 14.6 Å². The molecule has 0 bridgehead atoms. The van der Waals surface area contributed by atoms with E-state index in [9.17, 15) is 13.2 Å². The first kappa shape index (κ1) is 15.0. The van der Waals surface area contributed by atoms with Gasteiger partial charge in [-0.15, -0.1) is 0 Å². The minimum Gasteiger partial charge on any atom is -0.455 e. The van der Waals surface area contributed by atoms with Crippen LogP contribution < -0.4 is 10.5 Å². The van der Waals surface area contributed by atoms with Crippen molar-refractivity contribution < 1.29 is 17.6 Å². The monoisotopic (exact) mass is 301 g/mol. The molecule has 7 nitrogen and oxygen atoms in total. The molecule has 0 spiro atoms. The molecule has 2 heterocycles. The zero-order valence-electron chi connectivity index (χ0n) is 11.5. The van der Waals surface area contributed by atoms with Gasteiger partial charge in [0.1, 0.15) is 10.7 Å². The summed E-state index contributed by atoms with van der Waals surface area (Å²) >= 11 is 0. The van der Waals surface area contributed by atoms with Gasteiger partial charge in [0.05, 0.1) is 0 Å². The van der Waals surface area contributed by atoms with Crippen molar-refractivity contribution in [3.63, 3.8) is 0 Å². The van der Waals surface area contributed by atoms with Crippen molar-refractivity contribution in [1.29, 1.82) is 0 Å². The molecule has 0 aromatic carbocycles. The lowest BCUT2D eigenvalue weighted by molar-refractivity contribution is 0.0703. The highest BCUT2D eigenvalue weighted by atomic mass is 32.2. The zero-order chi connectivity index (χ0) is 14.9. The molecule has 0 radical (unpaired) electrons. The average Bonchev–Trinajstić information content (AvgIpc) is 2.94. The Kier molecular flexibility index (Phi) is 4.17. The minimum absolute atomic E-state index is 0.0227. The number of hydrogen-bond acceptors (Lipinski definition) is 5. The Morgan fingerprint density at radius 1 is 1.60 bits per heavy atom. The number of carbonyl (C=O) groups is 1. The molecule has 3 N–H and O–H groups in total. The van der Waals surface area contributed by atoms with Crippen molar-refractivity contribution in [2.75, 3.05) is 20.1 Å². The van der Waals surface area contributed by atoms with E-state index in [0.29, 0.717) is 13.1 Å². The van der Waals surface area contributed by atoms with Crippen LogP contribution in [0.3, 0.4) is 0 Å². The molecule has 1 aliphatic rings. The minimum atomic E-state index is -3.87. The largest absolute Gasteiger partial charge is 0.455 e. The SMILES string of the molecule is CNC[C@@H]1CCCN1C(=O)c1cc(S(N)(=O)=O)c(C)o1. The fourth-order valence-electron chi connectivity index (χ4n) is 2.55. The van der Waals surface area contributed by atoms with Gasteiger partial charge in [0.25, 0.3) is 5.91 Å². The highest BCUT2D eigenvalue weighted by Gasteiger charge is 2.31. The van der Waals surface area contributed by atoms with E-state index >= 15 is 0 Å². The molecule has 1 aromatic heterocycles. The van der Waals surface area contributed by atoms with Crippen molar-refractivity contribution in [2.45, 2.75) is 30.7 Å². The summed E-state index contributed by atoms with van der Waals surface area (Å²) in [5.74, 6) is -0.129. The molecular weight excluding hydrogens is 282 g/mol. The maximum atomic E-state index is 12.4. The van der Waals surface area contributed by atoms with Gasteiger partial charge in [-0.1, -0.05) is 0 Å². The third kappa shape index (κ3) is 2.87. The van der Waals surface area contributed by atoms with Gasteiger partial charge in [-0.3, -0.25) is 4.79 Å². The molecule has 2 rings (SSSR count). The van der Waals surface area contributed by atoms with Gasteiger partial charge in [0.2, 0.25) is 10.0 Å². The predicted molar refractivity (Wildman–Crippen MR) is 72.8 cm³/mol. The van der Waals surface area contributed by atoms with Crippen LogP contribution in [0.25, 0.3) is 0 Å². The van der Waals surface area contributed by atoms with Crippen LogP contribution in [0, 0.1) is 6.92 Å². The van der Waals surface area contributed by atoms with Crippen LogP contribution in [-0.2, 0) is 10.0 Å². The van der Waals surface area contributed by atoms with E-state index in [-0.39, 0.29) is 28.4 Å². The first-order chi connectivity index (χ1) is 9.34. The number of aryl methyl sites for hydroxylation is 1. The summed E-state index contributed by atoms with van der Waals surface area (Å²) in [5.41, 5.74) is 0. The number of primary sulfonamides is 1. The second-order valence-electron chi connectivity index (χ2n) is 4.93. The third-order valence-corrected chi connectivity index (χ3v) is 4.49. The number of hydrogen-bond donors (Lipinski definition) is 2. The predicted octanol–water partition coefficient (Wildman–Crippen LogP) is 0.0594. The molecule has 0 saturated carbocycles. The van der Waals surface area contributed by atoms with Crippen LogP contribution >= 0.6 is 0 Å². The number of nitrogens with one attached hydrogen (secondary N) is 1. The number of carbonyl (C=O) groups excluding carboxylic acids is 1. The highest BCUT2D eigenvalue weighted by molar-refractivity contribution is 7.89. The molecular formula is C12H19N3O4S. The van der Waals surface area contributed by atoms with E-state index in [1.165, 1.54) is 13.0 Å². The quantitative estimate of drug-likeness (QED) is 0.818.